The number of alkyl halides is 1. The Morgan fingerprint density at radius 1 is 1.16 bits per heavy atom. The molecule has 0 fully saturated rings. The van der Waals surface area contributed by atoms with Crippen molar-refractivity contribution in [2.75, 3.05) is 14.2 Å². The van der Waals surface area contributed by atoms with Crippen LogP contribution in [0.2, 0.25) is 0 Å². The summed E-state index contributed by atoms with van der Waals surface area (Å²) in [6.07, 6.45) is -1.18. The normalized spacial score (nSPS) is 13.3. The van der Waals surface area contributed by atoms with Crippen LogP contribution < -0.4 is 4.74 Å². The molecule has 19 heavy (non-hydrogen) atoms. The molecule has 0 aliphatic carbocycles. The summed E-state index contributed by atoms with van der Waals surface area (Å²) in [5, 5.41) is -0.831. The molecule has 0 heterocycles. The topological polar surface area (TPSA) is 61.8 Å². The summed E-state index contributed by atoms with van der Waals surface area (Å²) < 4.78 is 14.5. The SMILES string of the molecule is COC(=O)[C@H](OC(C)=O)[C@H](Cl)c1ccc(OC)cc1. The zero-order valence-corrected chi connectivity index (χ0v) is 11.6. The molecule has 0 amide bonds. The van der Waals surface area contributed by atoms with Crippen molar-refractivity contribution in [3.8, 4) is 5.75 Å². The molecule has 0 aliphatic heterocycles. The summed E-state index contributed by atoms with van der Waals surface area (Å²) in [5.41, 5.74) is 0.624. The Balaban J connectivity index is 2.93. The van der Waals surface area contributed by atoms with Gasteiger partial charge in [0.15, 0.2) is 0 Å². The van der Waals surface area contributed by atoms with E-state index in [-0.39, 0.29) is 0 Å². The second-order valence-corrected chi connectivity index (χ2v) is 4.20. The van der Waals surface area contributed by atoms with Gasteiger partial charge in [0.1, 0.15) is 11.1 Å². The van der Waals surface area contributed by atoms with Crippen molar-refractivity contribution in [1.82, 2.24) is 0 Å². The van der Waals surface area contributed by atoms with E-state index in [9.17, 15) is 9.59 Å². The predicted octanol–water partition coefficient (Wildman–Crippen LogP) is 2.08. The molecular formula is C13H15ClO5. The summed E-state index contributed by atoms with van der Waals surface area (Å²) in [6, 6.07) is 6.78. The monoisotopic (exact) mass is 286 g/mol. The molecule has 0 aliphatic rings. The maximum absolute atomic E-state index is 11.6. The molecule has 0 N–H and O–H groups in total. The average molecular weight is 287 g/mol. The lowest BCUT2D eigenvalue weighted by Crippen LogP contribution is -2.31. The van der Waals surface area contributed by atoms with E-state index in [0.29, 0.717) is 11.3 Å². The first kappa shape index (κ1) is 15.3. The fourth-order valence-corrected chi connectivity index (χ4v) is 1.78. The van der Waals surface area contributed by atoms with Crippen molar-refractivity contribution in [2.24, 2.45) is 0 Å². The van der Waals surface area contributed by atoms with Crippen LogP contribution in [0.1, 0.15) is 17.9 Å². The molecule has 0 aromatic heterocycles. The highest BCUT2D eigenvalue weighted by Crippen LogP contribution is 2.28. The second-order valence-electron chi connectivity index (χ2n) is 3.73. The van der Waals surface area contributed by atoms with Crippen LogP contribution in [-0.4, -0.2) is 32.3 Å². The van der Waals surface area contributed by atoms with E-state index in [2.05, 4.69) is 4.74 Å². The van der Waals surface area contributed by atoms with Crippen LogP contribution in [-0.2, 0) is 19.1 Å². The molecule has 0 saturated heterocycles. The molecule has 1 rings (SSSR count). The van der Waals surface area contributed by atoms with Gasteiger partial charge in [-0.05, 0) is 17.7 Å². The van der Waals surface area contributed by atoms with Gasteiger partial charge in [-0.15, -0.1) is 11.6 Å². The highest BCUT2D eigenvalue weighted by molar-refractivity contribution is 6.22. The Morgan fingerprint density at radius 3 is 2.16 bits per heavy atom. The van der Waals surface area contributed by atoms with Crippen LogP contribution in [0.3, 0.4) is 0 Å². The van der Waals surface area contributed by atoms with Crippen molar-refractivity contribution >= 4 is 23.5 Å². The van der Waals surface area contributed by atoms with E-state index in [0.717, 1.165) is 0 Å². The number of hydrogen-bond acceptors (Lipinski definition) is 5. The van der Waals surface area contributed by atoms with Crippen LogP contribution in [0.4, 0.5) is 0 Å². The summed E-state index contributed by atoms with van der Waals surface area (Å²) in [5.74, 6) is -0.643. The third-order valence-corrected chi connectivity index (χ3v) is 2.91. The molecule has 0 saturated carbocycles. The van der Waals surface area contributed by atoms with E-state index in [4.69, 9.17) is 21.1 Å². The fourth-order valence-electron chi connectivity index (χ4n) is 1.48. The number of hydrogen-bond donors (Lipinski definition) is 0. The van der Waals surface area contributed by atoms with Gasteiger partial charge in [0, 0.05) is 6.92 Å². The first-order valence-corrected chi connectivity index (χ1v) is 5.96. The third-order valence-electron chi connectivity index (χ3n) is 2.43. The number of rotatable bonds is 5. The number of esters is 2. The van der Waals surface area contributed by atoms with E-state index in [1.54, 1.807) is 31.4 Å². The van der Waals surface area contributed by atoms with Gasteiger partial charge in [0.05, 0.1) is 14.2 Å². The molecule has 5 nitrogen and oxygen atoms in total. The van der Waals surface area contributed by atoms with E-state index in [1.807, 2.05) is 0 Å². The summed E-state index contributed by atoms with van der Waals surface area (Å²) in [6.45, 7) is 1.20. The van der Waals surface area contributed by atoms with Gasteiger partial charge in [-0.3, -0.25) is 4.79 Å². The Labute approximate surface area is 116 Å². The van der Waals surface area contributed by atoms with Crippen molar-refractivity contribution in [2.45, 2.75) is 18.4 Å². The minimum absolute atomic E-state index is 0.602. The molecule has 6 heteroatoms. The number of carbonyl (C=O) groups excluding carboxylic acids is 2. The Morgan fingerprint density at radius 2 is 1.74 bits per heavy atom. The van der Waals surface area contributed by atoms with Gasteiger partial charge >= 0.3 is 11.9 Å². The van der Waals surface area contributed by atoms with Gasteiger partial charge in [0.2, 0.25) is 6.10 Å². The van der Waals surface area contributed by atoms with Gasteiger partial charge in [-0.2, -0.15) is 0 Å². The van der Waals surface area contributed by atoms with Crippen LogP contribution >= 0.6 is 11.6 Å². The average Bonchev–Trinajstić information content (AvgIpc) is 2.43. The number of benzene rings is 1. The highest BCUT2D eigenvalue weighted by Gasteiger charge is 2.32. The molecule has 1 aromatic carbocycles. The minimum Gasteiger partial charge on any atom is -0.497 e. The zero-order chi connectivity index (χ0) is 14.4. The van der Waals surface area contributed by atoms with Crippen LogP contribution in [0.25, 0.3) is 0 Å². The lowest BCUT2D eigenvalue weighted by molar-refractivity contribution is -0.164. The summed E-state index contributed by atoms with van der Waals surface area (Å²) in [4.78, 5) is 22.6. The van der Waals surface area contributed by atoms with Crippen molar-refractivity contribution in [3.05, 3.63) is 29.8 Å². The van der Waals surface area contributed by atoms with Crippen LogP contribution in [0, 0.1) is 0 Å². The van der Waals surface area contributed by atoms with Gasteiger partial charge in [-0.1, -0.05) is 12.1 Å². The predicted molar refractivity (Wildman–Crippen MR) is 69.2 cm³/mol. The quantitative estimate of drug-likeness (QED) is 0.612. The van der Waals surface area contributed by atoms with Gasteiger partial charge in [-0.25, -0.2) is 4.79 Å². The van der Waals surface area contributed by atoms with E-state index in [1.165, 1.54) is 14.0 Å². The fraction of sp³-hybridized carbons (Fsp3) is 0.385. The lowest BCUT2D eigenvalue weighted by atomic mass is 10.1. The molecule has 104 valence electrons. The first-order valence-electron chi connectivity index (χ1n) is 5.52. The summed E-state index contributed by atoms with van der Waals surface area (Å²) in [7, 11) is 2.75. The standard InChI is InChI=1S/C13H15ClO5/c1-8(15)19-12(13(16)18-3)11(14)9-4-6-10(17-2)7-5-9/h4-7,11-12H,1-3H3/t11-,12-/m1/s1. The molecular weight excluding hydrogens is 272 g/mol. The molecule has 0 spiro atoms. The second kappa shape index (κ2) is 6.99. The van der Waals surface area contributed by atoms with Crippen molar-refractivity contribution in [1.29, 1.82) is 0 Å². The molecule has 1 aromatic rings. The Bertz CT molecular complexity index is 443. The van der Waals surface area contributed by atoms with E-state index >= 15 is 0 Å². The Hall–Kier alpha value is -1.75. The molecule has 0 bridgehead atoms. The number of methoxy groups -OCH3 is 2. The van der Waals surface area contributed by atoms with Crippen LogP contribution in [0.5, 0.6) is 5.75 Å². The maximum Gasteiger partial charge on any atom is 0.349 e. The number of halogens is 1. The van der Waals surface area contributed by atoms with Crippen LogP contribution in [0.15, 0.2) is 24.3 Å². The van der Waals surface area contributed by atoms with E-state index < -0.39 is 23.4 Å². The molecule has 0 unspecified atom stereocenters. The van der Waals surface area contributed by atoms with Gasteiger partial charge in [0.25, 0.3) is 0 Å². The zero-order valence-electron chi connectivity index (χ0n) is 10.9. The minimum atomic E-state index is -1.18. The number of ether oxygens (including phenoxy) is 3. The molecule has 2 atom stereocenters. The Kier molecular flexibility index (Phi) is 5.63. The molecule has 0 radical (unpaired) electrons. The first-order chi connectivity index (χ1) is 8.99. The summed E-state index contributed by atoms with van der Waals surface area (Å²) >= 11 is 6.17. The third kappa shape index (κ3) is 4.13. The smallest absolute Gasteiger partial charge is 0.349 e. The van der Waals surface area contributed by atoms with Crippen molar-refractivity contribution in [3.63, 3.8) is 0 Å². The van der Waals surface area contributed by atoms with Gasteiger partial charge < -0.3 is 14.2 Å². The maximum atomic E-state index is 11.6. The van der Waals surface area contributed by atoms with Crippen molar-refractivity contribution < 1.29 is 23.8 Å². The highest BCUT2D eigenvalue weighted by atomic mass is 35.5. The largest absolute Gasteiger partial charge is 0.497 e. The lowest BCUT2D eigenvalue weighted by Gasteiger charge is -2.20. The number of carbonyl (C=O) groups is 2.